The molecule has 0 spiro atoms. The van der Waals surface area contributed by atoms with Gasteiger partial charge in [0.25, 0.3) is 15.9 Å². The van der Waals surface area contributed by atoms with Crippen LogP contribution >= 0.6 is 0 Å². The number of carbonyl (C=O) groups excluding carboxylic acids is 1. The van der Waals surface area contributed by atoms with E-state index in [0.29, 0.717) is 16.9 Å². The van der Waals surface area contributed by atoms with Gasteiger partial charge in [0.1, 0.15) is 10.6 Å². The minimum absolute atomic E-state index is 0.0876. The quantitative estimate of drug-likeness (QED) is 0.407. The fourth-order valence-corrected chi connectivity index (χ4v) is 4.89. The Kier molecular flexibility index (Phi) is 6.38. The Morgan fingerprint density at radius 1 is 0.971 bits per heavy atom. The van der Waals surface area contributed by atoms with E-state index in [4.69, 9.17) is 4.74 Å². The number of benzene rings is 3. The van der Waals surface area contributed by atoms with Crippen LogP contribution in [0.1, 0.15) is 21.5 Å². The summed E-state index contributed by atoms with van der Waals surface area (Å²) in [5.41, 5.74) is 3.55. The van der Waals surface area contributed by atoms with Crippen molar-refractivity contribution < 1.29 is 17.9 Å². The molecule has 0 radical (unpaired) electrons. The molecule has 9 heteroatoms. The minimum Gasteiger partial charge on any atom is -0.495 e. The smallest absolute Gasteiger partial charge is 0.265 e. The van der Waals surface area contributed by atoms with E-state index in [9.17, 15) is 13.2 Å². The van der Waals surface area contributed by atoms with Gasteiger partial charge in [-0.25, -0.2) is 13.1 Å². The highest BCUT2D eigenvalue weighted by molar-refractivity contribution is 7.92. The SMILES string of the molecule is COc1ccc(NC(=O)c2cnn(-c3ccccc3)c2)cc1S(=O)(=O)Nc1c(C)cccc1C. The number of aromatic nitrogens is 2. The molecule has 2 N–H and O–H groups in total. The molecular formula is C25H24N4O4S. The van der Waals surface area contributed by atoms with Gasteiger partial charge in [-0.2, -0.15) is 5.10 Å². The third-order valence-corrected chi connectivity index (χ3v) is 6.66. The van der Waals surface area contributed by atoms with Crippen LogP contribution in [-0.4, -0.2) is 31.2 Å². The van der Waals surface area contributed by atoms with Crippen LogP contribution in [0.2, 0.25) is 0 Å². The van der Waals surface area contributed by atoms with E-state index in [1.165, 1.54) is 25.4 Å². The lowest BCUT2D eigenvalue weighted by Gasteiger charge is -2.16. The third-order valence-electron chi connectivity index (χ3n) is 5.29. The van der Waals surface area contributed by atoms with E-state index < -0.39 is 15.9 Å². The van der Waals surface area contributed by atoms with E-state index in [-0.39, 0.29) is 10.6 Å². The molecule has 8 nitrogen and oxygen atoms in total. The van der Waals surface area contributed by atoms with Crippen LogP contribution in [-0.2, 0) is 10.0 Å². The maximum Gasteiger partial charge on any atom is 0.265 e. The molecule has 34 heavy (non-hydrogen) atoms. The largest absolute Gasteiger partial charge is 0.495 e. The zero-order chi connectivity index (χ0) is 24.3. The number of methoxy groups -OCH3 is 1. The lowest BCUT2D eigenvalue weighted by atomic mass is 10.1. The zero-order valence-corrected chi connectivity index (χ0v) is 19.8. The topological polar surface area (TPSA) is 102 Å². The van der Waals surface area contributed by atoms with Gasteiger partial charge in [-0.3, -0.25) is 9.52 Å². The molecule has 4 rings (SSSR count). The number of amides is 1. The highest BCUT2D eigenvalue weighted by Gasteiger charge is 2.22. The number of rotatable bonds is 7. The molecule has 0 unspecified atom stereocenters. The molecule has 0 aliphatic carbocycles. The van der Waals surface area contributed by atoms with Gasteiger partial charge in [-0.1, -0.05) is 36.4 Å². The molecule has 3 aromatic carbocycles. The molecule has 0 atom stereocenters. The van der Waals surface area contributed by atoms with Crippen molar-refractivity contribution in [3.63, 3.8) is 0 Å². The standard InChI is InChI=1S/C25H24N4O4S/c1-17-8-7-9-18(2)24(17)28-34(31,32)23-14-20(12-13-22(23)33-3)27-25(30)19-15-26-29(16-19)21-10-5-4-6-11-21/h4-16,28H,1-3H3,(H,27,30). The summed E-state index contributed by atoms with van der Waals surface area (Å²) < 4.78 is 36.0. The summed E-state index contributed by atoms with van der Waals surface area (Å²) in [5, 5.41) is 6.96. The number of hydrogen-bond acceptors (Lipinski definition) is 5. The van der Waals surface area contributed by atoms with Gasteiger partial charge >= 0.3 is 0 Å². The van der Waals surface area contributed by atoms with E-state index in [0.717, 1.165) is 16.8 Å². The fraction of sp³-hybridized carbons (Fsp3) is 0.120. The number of nitrogens with zero attached hydrogens (tertiary/aromatic N) is 2. The molecule has 0 saturated carbocycles. The van der Waals surface area contributed by atoms with Gasteiger partial charge in [0, 0.05) is 11.9 Å². The number of nitrogens with one attached hydrogen (secondary N) is 2. The molecule has 1 amide bonds. The lowest BCUT2D eigenvalue weighted by molar-refractivity contribution is 0.102. The van der Waals surface area contributed by atoms with Crippen LogP contribution < -0.4 is 14.8 Å². The summed E-state index contributed by atoms with van der Waals surface area (Å²) in [6.07, 6.45) is 3.06. The Morgan fingerprint density at radius 3 is 2.35 bits per heavy atom. The summed E-state index contributed by atoms with van der Waals surface area (Å²) in [6.45, 7) is 3.66. The molecule has 1 heterocycles. The second kappa shape index (κ2) is 9.40. The van der Waals surface area contributed by atoms with Crippen LogP contribution in [0.15, 0.2) is 84.0 Å². The maximum atomic E-state index is 13.2. The Balaban J connectivity index is 1.60. The molecule has 4 aromatic rings. The highest BCUT2D eigenvalue weighted by atomic mass is 32.2. The van der Waals surface area contributed by atoms with Gasteiger partial charge in [-0.15, -0.1) is 0 Å². The first kappa shape index (κ1) is 23.1. The number of carbonyl (C=O) groups is 1. The maximum absolute atomic E-state index is 13.2. The summed E-state index contributed by atoms with van der Waals surface area (Å²) in [7, 11) is -2.61. The Hall–Kier alpha value is -4.11. The van der Waals surface area contributed by atoms with Crippen molar-refractivity contribution in [1.82, 2.24) is 9.78 Å². The second-order valence-electron chi connectivity index (χ2n) is 7.70. The van der Waals surface area contributed by atoms with Crippen molar-refractivity contribution in [3.8, 4) is 11.4 Å². The number of para-hydroxylation sites is 2. The van der Waals surface area contributed by atoms with E-state index in [1.807, 2.05) is 62.4 Å². The van der Waals surface area contributed by atoms with Crippen LogP contribution in [0.4, 0.5) is 11.4 Å². The second-order valence-corrected chi connectivity index (χ2v) is 9.35. The predicted molar refractivity (Wildman–Crippen MR) is 131 cm³/mol. The average molecular weight is 477 g/mol. The Bertz CT molecular complexity index is 1430. The average Bonchev–Trinajstić information content (AvgIpc) is 3.33. The normalized spacial score (nSPS) is 11.1. The molecule has 0 saturated heterocycles. The number of sulfonamides is 1. The monoisotopic (exact) mass is 476 g/mol. The number of anilines is 2. The van der Waals surface area contributed by atoms with Crippen molar-refractivity contribution in [2.45, 2.75) is 18.7 Å². The summed E-state index contributed by atoms with van der Waals surface area (Å²) in [5.74, 6) is -0.257. The van der Waals surface area contributed by atoms with Gasteiger partial charge in [0.2, 0.25) is 0 Å². The van der Waals surface area contributed by atoms with Gasteiger partial charge in [-0.05, 0) is 55.3 Å². The predicted octanol–water partition coefficient (Wildman–Crippen LogP) is 4.55. The van der Waals surface area contributed by atoms with Crippen molar-refractivity contribution in [2.75, 3.05) is 17.1 Å². The molecular weight excluding hydrogens is 452 g/mol. The first-order chi connectivity index (χ1) is 16.3. The third kappa shape index (κ3) is 4.79. The summed E-state index contributed by atoms with van der Waals surface area (Å²) in [4.78, 5) is 12.7. The van der Waals surface area contributed by atoms with Gasteiger partial charge in [0.05, 0.1) is 30.2 Å². The van der Waals surface area contributed by atoms with Crippen molar-refractivity contribution >= 4 is 27.3 Å². The molecule has 1 aromatic heterocycles. The minimum atomic E-state index is -4.00. The van der Waals surface area contributed by atoms with Crippen LogP contribution in [0.3, 0.4) is 0 Å². The highest BCUT2D eigenvalue weighted by Crippen LogP contribution is 2.31. The molecule has 0 aliphatic rings. The van der Waals surface area contributed by atoms with Crippen molar-refractivity contribution in [2.24, 2.45) is 0 Å². The first-order valence-corrected chi connectivity index (χ1v) is 12.0. The molecule has 0 aliphatic heterocycles. The van der Waals surface area contributed by atoms with Gasteiger partial charge < -0.3 is 10.1 Å². The number of ether oxygens (including phenoxy) is 1. The fourth-order valence-electron chi connectivity index (χ4n) is 3.49. The lowest BCUT2D eigenvalue weighted by Crippen LogP contribution is -2.17. The van der Waals surface area contributed by atoms with E-state index in [1.54, 1.807) is 16.9 Å². The Morgan fingerprint density at radius 2 is 1.68 bits per heavy atom. The Labute approximate surface area is 198 Å². The molecule has 0 fully saturated rings. The van der Waals surface area contributed by atoms with Crippen molar-refractivity contribution in [1.29, 1.82) is 0 Å². The van der Waals surface area contributed by atoms with Crippen molar-refractivity contribution in [3.05, 3.63) is 95.8 Å². The zero-order valence-electron chi connectivity index (χ0n) is 18.9. The van der Waals surface area contributed by atoms with E-state index in [2.05, 4.69) is 15.1 Å². The summed E-state index contributed by atoms with van der Waals surface area (Å²) >= 11 is 0. The van der Waals surface area contributed by atoms with Crippen LogP contribution in [0, 0.1) is 13.8 Å². The van der Waals surface area contributed by atoms with E-state index >= 15 is 0 Å². The van der Waals surface area contributed by atoms with Gasteiger partial charge in [0.15, 0.2) is 0 Å². The first-order valence-electron chi connectivity index (χ1n) is 10.5. The van der Waals surface area contributed by atoms with Crippen LogP contribution in [0.25, 0.3) is 5.69 Å². The summed E-state index contributed by atoms with van der Waals surface area (Å²) in [6, 6.07) is 19.4. The van der Waals surface area contributed by atoms with Crippen LogP contribution in [0.5, 0.6) is 5.75 Å². The molecule has 0 bridgehead atoms. The number of hydrogen-bond donors (Lipinski definition) is 2. The number of aryl methyl sites for hydroxylation is 2. The molecule has 174 valence electrons.